The number of halogens is 19. The molecule has 0 amide bonds. The van der Waals surface area contributed by atoms with E-state index in [1.54, 1.807) is 0 Å². The van der Waals surface area contributed by atoms with Crippen LogP contribution in [0.15, 0.2) is 0 Å². The third kappa shape index (κ3) is 5.01. The molecule has 0 rings (SSSR count). The summed E-state index contributed by atoms with van der Waals surface area (Å²) in [6.45, 7) is -1.04. The SMILES string of the molecule is C[N+](C)(C)CC(O)CC(F)(F)C(F)(F)C(F)(F)C(F)(F)C(F)(F)C(F)(F)C(F)(C(F)(F)F)C(F)(F)F. The number of likely N-dealkylation sites (N-methyl/N-ethyl adjacent to an activating group) is 1. The molecule has 1 N–H and O–H groups in total. The second-order valence-electron chi connectivity index (χ2n) is 8.56. The highest BCUT2D eigenvalue weighted by molar-refractivity contribution is 5.19. The maximum Gasteiger partial charge on any atom is 0.438 e. The summed E-state index contributed by atoms with van der Waals surface area (Å²) in [5, 5.41) is 9.30. The summed E-state index contributed by atoms with van der Waals surface area (Å²) in [6, 6.07) is 0. The quantitative estimate of drug-likeness (QED) is 0.243. The van der Waals surface area contributed by atoms with Crippen molar-refractivity contribution in [2.45, 2.75) is 66.1 Å². The summed E-state index contributed by atoms with van der Waals surface area (Å²) in [6.07, 6.45) is -22.4. The van der Waals surface area contributed by atoms with E-state index in [9.17, 15) is 88.5 Å². The Hall–Kier alpha value is -1.41. The molecule has 0 fully saturated rings. The van der Waals surface area contributed by atoms with Crippen molar-refractivity contribution in [3.8, 4) is 0 Å². The van der Waals surface area contributed by atoms with Gasteiger partial charge in [0.15, 0.2) is 0 Å². The van der Waals surface area contributed by atoms with Gasteiger partial charge in [-0.05, 0) is 0 Å². The maximum absolute atomic E-state index is 13.8. The fraction of sp³-hybridized carbons (Fsp3) is 1.00. The Morgan fingerprint density at radius 2 is 0.778 bits per heavy atom. The van der Waals surface area contributed by atoms with E-state index in [0.29, 0.717) is 0 Å². The molecule has 0 aliphatic heterocycles. The first-order valence-electron chi connectivity index (χ1n) is 8.68. The summed E-state index contributed by atoms with van der Waals surface area (Å²) < 4.78 is 251. The highest BCUT2D eigenvalue weighted by atomic mass is 19.4. The van der Waals surface area contributed by atoms with Gasteiger partial charge in [0.2, 0.25) is 0 Å². The molecule has 0 saturated heterocycles. The molecule has 0 heterocycles. The van der Waals surface area contributed by atoms with Crippen molar-refractivity contribution >= 4 is 0 Å². The van der Waals surface area contributed by atoms with E-state index in [1.807, 2.05) is 0 Å². The topological polar surface area (TPSA) is 20.2 Å². The molecule has 0 spiro atoms. The van der Waals surface area contributed by atoms with E-state index < -0.39 is 77.1 Å². The Labute approximate surface area is 188 Å². The predicted octanol–water partition coefficient (Wildman–Crippen LogP) is 6.09. The van der Waals surface area contributed by atoms with E-state index in [-0.39, 0.29) is 0 Å². The van der Waals surface area contributed by atoms with Crippen LogP contribution >= 0.6 is 0 Å². The second-order valence-corrected chi connectivity index (χ2v) is 8.56. The molecule has 0 aliphatic carbocycles. The van der Waals surface area contributed by atoms with Gasteiger partial charge in [0.05, 0.1) is 21.1 Å². The average Bonchev–Trinajstić information content (AvgIpc) is 2.55. The number of aliphatic hydroxyl groups is 1. The molecule has 1 atom stereocenters. The van der Waals surface area contributed by atoms with Crippen molar-refractivity contribution in [2.24, 2.45) is 0 Å². The minimum Gasteiger partial charge on any atom is -0.387 e. The number of hydrogen-bond acceptors (Lipinski definition) is 1. The van der Waals surface area contributed by atoms with E-state index in [2.05, 4.69) is 0 Å². The summed E-state index contributed by atoms with van der Waals surface area (Å²) in [5.41, 5.74) is -8.76. The van der Waals surface area contributed by atoms with Gasteiger partial charge in [0.1, 0.15) is 12.6 Å². The van der Waals surface area contributed by atoms with Crippen molar-refractivity contribution in [3.63, 3.8) is 0 Å². The van der Waals surface area contributed by atoms with Gasteiger partial charge in [-0.25, -0.2) is 4.39 Å². The molecule has 0 aromatic heterocycles. The smallest absolute Gasteiger partial charge is 0.387 e. The van der Waals surface area contributed by atoms with Gasteiger partial charge in [0.25, 0.3) is 0 Å². The molecule has 36 heavy (non-hydrogen) atoms. The van der Waals surface area contributed by atoms with Gasteiger partial charge in [-0.1, -0.05) is 0 Å². The van der Waals surface area contributed by atoms with Crippen molar-refractivity contribution in [1.82, 2.24) is 0 Å². The number of nitrogens with zero attached hydrogens (tertiary/aromatic N) is 1. The Balaban J connectivity index is 6.89. The van der Waals surface area contributed by atoms with Crippen molar-refractivity contribution in [2.75, 3.05) is 27.7 Å². The van der Waals surface area contributed by atoms with Gasteiger partial charge < -0.3 is 9.59 Å². The van der Waals surface area contributed by atoms with Crippen LogP contribution in [0.1, 0.15) is 6.42 Å². The lowest BCUT2D eigenvalue weighted by atomic mass is 9.83. The van der Waals surface area contributed by atoms with Crippen LogP contribution in [-0.4, -0.2) is 96.9 Å². The lowest BCUT2D eigenvalue weighted by molar-refractivity contribution is -0.873. The van der Waals surface area contributed by atoms with E-state index in [0.717, 1.165) is 21.1 Å². The average molecular weight is 586 g/mol. The van der Waals surface area contributed by atoms with Crippen LogP contribution in [0.2, 0.25) is 0 Å². The molecule has 0 aromatic carbocycles. The molecular weight excluding hydrogens is 571 g/mol. The number of hydrogen-bond donors (Lipinski definition) is 1. The monoisotopic (exact) mass is 586 g/mol. The van der Waals surface area contributed by atoms with Crippen molar-refractivity contribution in [1.29, 1.82) is 0 Å². The minimum atomic E-state index is -9.04. The first kappa shape index (κ1) is 34.6. The van der Waals surface area contributed by atoms with Crippen LogP contribution in [0, 0.1) is 0 Å². The molecule has 218 valence electrons. The highest BCUT2D eigenvalue weighted by Gasteiger charge is 2.98. The van der Waals surface area contributed by atoms with Crippen molar-refractivity contribution in [3.05, 3.63) is 0 Å². The first-order valence-corrected chi connectivity index (χ1v) is 8.68. The number of alkyl halides is 19. The lowest BCUT2D eigenvalue weighted by Crippen LogP contribution is -2.77. The largest absolute Gasteiger partial charge is 0.438 e. The molecule has 2 nitrogen and oxygen atoms in total. The molecule has 0 radical (unpaired) electrons. The molecule has 21 heteroatoms. The number of quaternary nitrogens is 1. The normalized spacial score (nSPS) is 17.4. The van der Waals surface area contributed by atoms with Gasteiger partial charge >= 0.3 is 53.6 Å². The van der Waals surface area contributed by atoms with Gasteiger partial charge in [-0.2, -0.15) is 79.0 Å². The van der Waals surface area contributed by atoms with E-state index >= 15 is 0 Å². The first-order chi connectivity index (χ1) is 15.1. The van der Waals surface area contributed by atoms with Gasteiger partial charge in [-0.3, -0.25) is 0 Å². The lowest BCUT2D eigenvalue weighted by Gasteiger charge is -2.45. The van der Waals surface area contributed by atoms with E-state index in [1.165, 1.54) is 0 Å². The van der Waals surface area contributed by atoms with Gasteiger partial charge in [-0.15, -0.1) is 0 Å². The third-order valence-electron chi connectivity index (χ3n) is 4.50. The predicted molar refractivity (Wildman–Crippen MR) is 79.2 cm³/mol. The Bertz CT molecular complexity index is 761. The highest BCUT2D eigenvalue weighted by Crippen LogP contribution is 2.66. The van der Waals surface area contributed by atoms with Crippen LogP contribution in [0.4, 0.5) is 83.4 Å². The third-order valence-corrected chi connectivity index (χ3v) is 4.50. The van der Waals surface area contributed by atoms with Crippen LogP contribution in [0.25, 0.3) is 0 Å². The fourth-order valence-electron chi connectivity index (χ4n) is 2.68. The Morgan fingerprint density at radius 3 is 1.06 bits per heavy atom. The summed E-state index contributed by atoms with van der Waals surface area (Å²) in [7, 11) is 3.19. The van der Waals surface area contributed by atoms with Gasteiger partial charge in [0, 0.05) is 6.42 Å². The number of aliphatic hydroxyl groups excluding tert-OH is 1. The van der Waals surface area contributed by atoms with Crippen LogP contribution in [0.3, 0.4) is 0 Å². The standard InChI is InChI=1S/C15H15F19NO/c1-35(2,3)5-6(36)4-7(16,17)9(19,20)11(23,24)13(27,28)12(25,26)10(21,22)8(18,14(29,30)31)15(32,33)34/h6,36H,4-5H2,1-3H3/q+1. The Morgan fingerprint density at radius 1 is 0.500 bits per heavy atom. The zero-order valence-electron chi connectivity index (χ0n) is 17.6. The minimum absolute atomic E-state index is 0.604. The summed E-state index contributed by atoms with van der Waals surface area (Å²) >= 11 is 0. The molecule has 0 aliphatic rings. The summed E-state index contributed by atoms with van der Waals surface area (Å²) in [5.74, 6) is -50.2. The second kappa shape index (κ2) is 8.82. The van der Waals surface area contributed by atoms with Crippen LogP contribution < -0.4 is 0 Å². The van der Waals surface area contributed by atoms with E-state index in [4.69, 9.17) is 0 Å². The zero-order chi connectivity index (χ0) is 30.0. The molecule has 1 unspecified atom stereocenters. The summed E-state index contributed by atoms with van der Waals surface area (Å²) in [4.78, 5) is 0. The molecule has 0 bridgehead atoms. The van der Waals surface area contributed by atoms with Crippen molar-refractivity contribution < 1.29 is 93.0 Å². The zero-order valence-corrected chi connectivity index (χ0v) is 17.6. The van der Waals surface area contributed by atoms with Crippen LogP contribution in [0.5, 0.6) is 0 Å². The Kier molecular flexibility index (Phi) is 8.48. The van der Waals surface area contributed by atoms with Crippen LogP contribution in [-0.2, 0) is 0 Å². The molecular formula is C15H15F19NO+. The molecule has 0 saturated carbocycles. The fourth-order valence-corrected chi connectivity index (χ4v) is 2.68. The molecule has 0 aromatic rings. The number of rotatable bonds is 10. The maximum atomic E-state index is 13.8.